The first-order valence-electron chi connectivity index (χ1n) is 10.3. The van der Waals surface area contributed by atoms with Crippen molar-refractivity contribution in [3.63, 3.8) is 0 Å². The Morgan fingerprint density at radius 1 is 1.03 bits per heavy atom. The first-order chi connectivity index (χ1) is 15.1. The summed E-state index contributed by atoms with van der Waals surface area (Å²) in [4.78, 5) is 17.4. The van der Waals surface area contributed by atoms with E-state index in [1.807, 2.05) is 79.7 Å². The highest BCUT2D eigenvalue weighted by atomic mass is 35.5. The predicted octanol–water partition coefficient (Wildman–Crippen LogP) is 5.40. The van der Waals surface area contributed by atoms with Crippen molar-refractivity contribution in [1.29, 1.82) is 0 Å². The zero-order valence-electron chi connectivity index (χ0n) is 17.3. The van der Waals surface area contributed by atoms with E-state index < -0.39 is 0 Å². The first kappa shape index (κ1) is 20.9. The number of imidazole rings is 1. The molecule has 1 N–H and O–H groups in total. The van der Waals surface area contributed by atoms with E-state index in [1.165, 1.54) is 0 Å². The smallest absolute Gasteiger partial charge is 0.251 e. The van der Waals surface area contributed by atoms with Gasteiger partial charge in [0, 0.05) is 12.1 Å². The number of fused-ring (bicyclic) bond motifs is 1. The summed E-state index contributed by atoms with van der Waals surface area (Å²) in [5.41, 5.74) is 3.58. The van der Waals surface area contributed by atoms with Gasteiger partial charge in [-0.25, -0.2) is 4.98 Å². The number of hydrogen-bond acceptors (Lipinski definition) is 3. The van der Waals surface area contributed by atoms with E-state index in [9.17, 15) is 4.79 Å². The molecule has 0 bridgehead atoms. The second-order valence-electron chi connectivity index (χ2n) is 7.30. The summed E-state index contributed by atoms with van der Waals surface area (Å²) < 4.78 is 7.96. The normalized spacial score (nSPS) is 10.9. The van der Waals surface area contributed by atoms with E-state index in [0.717, 1.165) is 35.4 Å². The molecule has 0 aliphatic heterocycles. The second kappa shape index (κ2) is 9.67. The number of halogens is 1. The average Bonchev–Trinajstić information content (AvgIpc) is 3.14. The lowest BCUT2D eigenvalue weighted by atomic mass is 10.1. The Morgan fingerprint density at radius 2 is 1.77 bits per heavy atom. The van der Waals surface area contributed by atoms with Crippen molar-refractivity contribution in [3.8, 4) is 5.75 Å². The molecule has 0 fully saturated rings. The lowest BCUT2D eigenvalue weighted by Gasteiger charge is -2.12. The van der Waals surface area contributed by atoms with E-state index in [0.29, 0.717) is 29.5 Å². The van der Waals surface area contributed by atoms with Crippen LogP contribution >= 0.6 is 11.6 Å². The zero-order chi connectivity index (χ0) is 21.6. The third-order valence-corrected chi connectivity index (χ3v) is 5.46. The Bertz CT molecular complexity index is 1200. The Morgan fingerprint density at radius 3 is 2.61 bits per heavy atom. The van der Waals surface area contributed by atoms with Gasteiger partial charge in [-0.05, 0) is 49.2 Å². The van der Waals surface area contributed by atoms with Crippen LogP contribution in [0.25, 0.3) is 11.0 Å². The molecular weight excluding hydrogens is 410 g/mol. The van der Waals surface area contributed by atoms with Crippen LogP contribution in [0.2, 0.25) is 5.02 Å². The van der Waals surface area contributed by atoms with Crippen molar-refractivity contribution in [2.75, 3.05) is 6.61 Å². The molecule has 5 nitrogen and oxygen atoms in total. The fraction of sp³-hybridized carbons (Fsp3) is 0.200. The first-order valence-corrected chi connectivity index (χ1v) is 10.7. The van der Waals surface area contributed by atoms with Crippen molar-refractivity contribution >= 4 is 28.5 Å². The Hall–Kier alpha value is -3.31. The fourth-order valence-corrected chi connectivity index (χ4v) is 3.75. The summed E-state index contributed by atoms with van der Waals surface area (Å²) in [5, 5.41) is 3.62. The minimum absolute atomic E-state index is 0.0984. The van der Waals surface area contributed by atoms with Crippen LogP contribution in [0.4, 0.5) is 0 Å². The van der Waals surface area contributed by atoms with Crippen molar-refractivity contribution in [2.45, 2.75) is 26.4 Å². The molecule has 6 heteroatoms. The van der Waals surface area contributed by atoms with Gasteiger partial charge in [-0.3, -0.25) is 4.79 Å². The van der Waals surface area contributed by atoms with E-state index >= 15 is 0 Å². The molecule has 3 aromatic carbocycles. The summed E-state index contributed by atoms with van der Waals surface area (Å²) in [7, 11) is 0. The molecule has 4 aromatic rings. The molecule has 0 atom stereocenters. The van der Waals surface area contributed by atoms with Crippen LogP contribution in [-0.2, 0) is 13.1 Å². The van der Waals surface area contributed by atoms with Gasteiger partial charge in [0.15, 0.2) is 0 Å². The summed E-state index contributed by atoms with van der Waals surface area (Å²) in [6.45, 7) is 3.54. The van der Waals surface area contributed by atoms with Crippen LogP contribution in [0.15, 0.2) is 72.8 Å². The average molecular weight is 434 g/mol. The molecular formula is C25H24ClN3O2. The molecule has 4 rings (SSSR count). The predicted molar refractivity (Wildman–Crippen MR) is 124 cm³/mol. The number of nitrogens with one attached hydrogen (secondary N) is 1. The van der Waals surface area contributed by atoms with Gasteiger partial charge in [-0.15, -0.1) is 0 Å². The molecule has 0 aliphatic rings. The maximum atomic E-state index is 12.6. The van der Waals surface area contributed by atoms with Gasteiger partial charge in [0.1, 0.15) is 11.6 Å². The molecule has 0 saturated heterocycles. The molecule has 0 aliphatic carbocycles. The number of benzene rings is 3. The van der Waals surface area contributed by atoms with Gasteiger partial charge in [0.05, 0.1) is 29.2 Å². The van der Waals surface area contributed by atoms with Crippen molar-refractivity contribution in [3.05, 3.63) is 94.8 Å². The minimum atomic E-state index is -0.0984. The molecule has 31 heavy (non-hydrogen) atoms. The van der Waals surface area contributed by atoms with Gasteiger partial charge in [0.25, 0.3) is 5.91 Å². The lowest BCUT2D eigenvalue weighted by molar-refractivity contribution is 0.0949. The number of hydrogen-bond donors (Lipinski definition) is 1. The number of para-hydroxylation sites is 3. The number of carbonyl (C=O) groups excluding carboxylic acids is 1. The van der Waals surface area contributed by atoms with Gasteiger partial charge in [0.2, 0.25) is 0 Å². The Balaban J connectivity index is 1.45. The monoisotopic (exact) mass is 433 g/mol. The minimum Gasteiger partial charge on any atom is -0.492 e. The number of carbonyl (C=O) groups is 1. The maximum absolute atomic E-state index is 12.6. The van der Waals surface area contributed by atoms with Crippen LogP contribution in [-0.4, -0.2) is 22.1 Å². The highest BCUT2D eigenvalue weighted by molar-refractivity contribution is 6.32. The highest BCUT2D eigenvalue weighted by Gasteiger charge is 2.13. The Kier molecular flexibility index (Phi) is 6.53. The number of nitrogens with zero attached hydrogens (tertiary/aromatic N) is 2. The summed E-state index contributed by atoms with van der Waals surface area (Å²) >= 11 is 6.16. The molecule has 1 heterocycles. The van der Waals surface area contributed by atoms with E-state index in [4.69, 9.17) is 21.3 Å². The standard InChI is InChI=1S/C25H24ClN3O2/c1-18-9-2-3-10-19(18)25(30)27-17-24-28-21-12-5-6-13-22(21)29(24)15-8-16-31-23-14-7-4-11-20(23)26/h2-7,9-14H,8,15-17H2,1H3,(H,27,30). The molecule has 158 valence electrons. The van der Waals surface area contributed by atoms with Crippen LogP contribution in [0.3, 0.4) is 0 Å². The third-order valence-electron chi connectivity index (χ3n) is 5.15. The zero-order valence-corrected chi connectivity index (χ0v) is 18.1. The van der Waals surface area contributed by atoms with Gasteiger partial charge in [-0.2, -0.15) is 0 Å². The Labute approximate surface area is 186 Å². The van der Waals surface area contributed by atoms with E-state index in [1.54, 1.807) is 0 Å². The quantitative estimate of drug-likeness (QED) is 0.378. The summed E-state index contributed by atoms with van der Waals surface area (Å²) in [6.07, 6.45) is 0.782. The number of ether oxygens (including phenoxy) is 1. The second-order valence-corrected chi connectivity index (χ2v) is 7.71. The fourth-order valence-electron chi connectivity index (χ4n) is 3.56. The number of aromatic nitrogens is 2. The summed E-state index contributed by atoms with van der Waals surface area (Å²) in [5.74, 6) is 1.41. The van der Waals surface area contributed by atoms with Crippen LogP contribution in [0.5, 0.6) is 5.75 Å². The third kappa shape index (κ3) is 4.89. The van der Waals surface area contributed by atoms with E-state index in [-0.39, 0.29) is 5.91 Å². The maximum Gasteiger partial charge on any atom is 0.251 e. The van der Waals surface area contributed by atoms with E-state index in [2.05, 4.69) is 9.88 Å². The number of rotatable bonds is 8. The lowest BCUT2D eigenvalue weighted by Crippen LogP contribution is -2.25. The molecule has 0 radical (unpaired) electrons. The topological polar surface area (TPSA) is 56.2 Å². The molecule has 1 amide bonds. The number of aryl methyl sites for hydroxylation is 2. The molecule has 0 spiro atoms. The van der Waals surface area contributed by atoms with Crippen molar-refractivity contribution < 1.29 is 9.53 Å². The largest absolute Gasteiger partial charge is 0.492 e. The van der Waals surface area contributed by atoms with Gasteiger partial charge in [-0.1, -0.05) is 54.1 Å². The van der Waals surface area contributed by atoms with Crippen LogP contribution < -0.4 is 10.1 Å². The van der Waals surface area contributed by atoms with Crippen molar-refractivity contribution in [1.82, 2.24) is 14.9 Å². The molecule has 1 aromatic heterocycles. The van der Waals surface area contributed by atoms with Gasteiger partial charge < -0.3 is 14.6 Å². The van der Waals surface area contributed by atoms with Crippen LogP contribution in [0, 0.1) is 6.92 Å². The highest BCUT2D eigenvalue weighted by Crippen LogP contribution is 2.23. The summed E-state index contributed by atoms with van der Waals surface area (Å²) in [6, 6.07) is 23.0. The van der Waals surface area contributed by atoms with Gasteiger partial charge >= 0.3 is 0 Å². The molecule has 0 unspecified atom stereocenters. The molecule has 0 saturated carbocycles. The number of amides is 1. The SMILES string of the molecule is Cc1ccccc1C(=O)NCc1nc2ccccc2n1CCCOc1ccccc1Cl. The van der Waals surface area contributed by atoms with Crippen LogP contribution in [0.1, 0.15) is 28.2 Å². The van der Waals surface area contributed by atoms with Crippen molar-refractivity contribution in [2.24, 2.45) is 0 Å².